The molecule has 0 fully saturated rings. The fraction of sp³-hybridized carbons (Fsp3) is 0.0588. The van der Waals surface area contributed by atoms with E-state index < -0.39 is 0 Å². The number of hydrogen-bond donors (Lipinski definition) is 1. The molecule has 4 nitrogen and oxygen atoms in total. The van der Waals surface area contributed by atoms with Gasteiger partial charge in [0.2, 0.25) is 0 Å². The third kappa shape index (κ3) is 3.73. The molecule has 0 radical (unpaired) electrons. The summed E-state index contributed by atoms with van der Waals surface area (Å²) in [4.78, 5) is 16.3. The van der Waals surface area contributed by atoms with Crippen molar-refractivity contribution in [2.45, 2.75) is 0 Å². The number of carbonyl (C=O) groups excluding carboxylic acids is 1. The molecule has 6 heteroatoms. The van der Waals surface area contributed by atoms with Crippen molar-refractivity contribution in [1.29, 1.82) is 0 Å². The number of nitrogens with one attached hydrogen (secondary N) is 1. The van der Waals surface area contributed by atoms with Crippen LogP contribution in [0, 0.1) is 0 Å². The molecular formula is C17H12Cl2N2O2. The quantitative estimate of drug-likeness (QED) is 0.753. The SMILES string of the molecule is O=C(COc1ccc(Cl)c(Cl)c1)Nc1cccc2cccnc12. The van der Waals surface area contributed by atoms with Gasteiger partial charge in [0.1, 0.15) is 5.75 Å². The number of para-hydroxylation sites is 1. The average molecular weight is 347 g/mol. The Balaban J connectivity index is 1.68. The highest BCUT2D eigenvalue weighted by Crippen LogP contribution is 2.26. The van der Waals surface area contributed by atoms with Crippen molar-refractivity contribution in [3.8, 4) is 5.75 Å². The molecule has 116 valence electrons. The molecule has 23 heavy (non-hydrogen) atoms. The third-order valence-corrected chi connectivity index (χ3v) is 3.91. The van der Waals surface area contributed by atoms with Crippen LogP contribution < -0.4 is 10.1 Å². The number of ether oxygens (including phenoxy) is 1. The maximum absolute atomic E-state index is 12.1. The van der Waals surface area contributed by atoms with Crippen LogP contribution in [0.15, 0.2) is 54.7 Å². The van der Waals surface area contributed by atoms with E-state index in [2.05, 4.69) is 10.3 Å². The first kappa shape index (κ1) is 15.6. The maximum Gasteiger partial charge on any atom is 0.262 e. The molecule has 2 aromatic carbocycles. The summed E-state index contributed by atoms with van der Waals surface area (Å²) in [6.07, 6.45) is 1.68. The normalized spacial score (nSPS) is 10.5. The lowest BCUT2D eigenvalue weighted by Gasteiger charge is -2.09. The van der Waals surface area contributed by atoms with Gasteiger partial charge < -0.3 is 10.1 Å². The number of pyridine rings is 1. The summed E-state index contributed by atoms with van der Waals surface area (Å²) < 4.78 is 5.41. The molecule has 0 unspecified atom stereocenters. The lowest BCUT2D eigenvalue weighted by molar-refractivity contribution is -0.118. The van der Waals surface area contributed by atoms with E-state index in [1.807, 2.05) is 24.3 Å². The Kier molecular flexibility index (Phi) is 4.65. The Morgan fingerprint density at radius 2 is 1.91 bits per heavy atom. The molecule has 0 bridgehead atoms. The summed E-state index contributed by atoms with van der Waals surface area (Å²) in [6, 6.07) is 14.2. The van der Waals surface area contributed by atoms with Crippen LogP contribution in [0.2, 0.25) is 10.0 Å². The first-order valence-electron chi connectivity index (χ1n) is 6.85. The van der Waals surface area contributed by atoms with Crippen LogP contribution in [-0.4, -0.2) is 17.5 Å². The summed E-state index contributed by atoms with van der Waals surface area (Å²) in [7, 11) is 0. The van der Waals surface area contributed by atoms with Crippen LogP contribution in [0.1, 0.15) is 0 Å². The van der Waals surface area contributed by atoms with Crippen LogP contribution in [0.3, 0.4) is 0 Å². The molecule has 0 aliphatic heterocycles. The van der Waals surface area contributed by atoms with Crippen molar-refractivity contribution in [3.05, 3.63) is 64.8 Å². The number of anilines is 1. The number of carbonyl (C=O) groups is 1. The second-order valence-corrected chi connectivity index (χ2v) is 5.61. The van der Waals surface area contributed by atoms with Gasteiger partial charge in [-0.25, -0.2) is 0 Å². The lowest BCUT2D eigenvalue weighted by atomic mass is 10.2. The Bertz CT molecular complexity index is 863. The summed E-state index contributed by atoms with van der Waals surface area (Å²) in [5.41, 5.74) is 1.38. The van der Waals surface area contributed by atoms with E-state index in [1.165, 1.54) is 0 Å². The minimum atomic E-state index is -0.283. The van der Waals surface area contributed by atoms with Gasteiger partial charge in [-0.2, -0.15) is 0 Å². The van der Waals surface area contributed by atoms with Crippen LogP contribution in [0.4, 0.5) is 5.69 Å². The van der Waals surface area contributed by atoms with Crippen LogP contribution in [-0.2, 0) is 4.79 Å². The van der Waals surface area contributed by atoms with E-state index in [1.54, 1.807) is 30.5 Å². The van der Waals surface area contributed by atoms with Crippen LogP contribution in [0.25, 0.3) is 10.9 Å². The lowest BCUT2D eigenvalue weighted by Crippen LogP contribution is -2.20. The molecule has 3 aromatic rings. The van der Waals surface area contributed by atoms with E-state index in [0.717, 1.165) is 10.9 Å². The molecule has 1 amide bonds. The van der Waals surface area contributed by atoms with Gasteiger partial charge in [0.25, 0.3) is 5.91 Å². The summed E-state index contributed by atoms with van der Waals surface area (Å²) in [5, 5.41) is 4.56. The van der Waals surface area contributed by atoms with E-state index in [0.29, 0.717) is 21.5 Å². The zero-order chi connectivity index (χ0) is 16.2. The highest BCUT2D eigenvalue weighted by molar-refractivity contribution is 6.42. The average Bonchev–Trinajstić information content (AvgIpc) is 2.56. The molecule has 1 N–H and O–H groups in total. The Morgan fingerprint density at radius 3 is 2.74 bits per heavy atom. The predicted octanol–water partition coefficient (Wildman–Crippen LogP) is 4.56. The van der Waals surface area contributed by atoms with Crippen molar-refractivity contribution in [1.82, 2.24) is 4.98 Å². The van der Waals surface area contributed by atoms with Crippen LogP contribution in [0.5, 0.6) is 5.75 Å². The third-order valence-electron chi connectivity index (χ3n) is 3.17. The zero-order valence-corrected chi connectivity index (χ0v) is 13.4. The number of fused-ring (bicyclic) bond motifs is 1. The van der Waals surface area contributed by atoms with Gasteiger partial charge in [-0.1, -0.05) is 41.4 Å². The van der Waals surface area contributed by atoms with Gasteiger partial charge in [0.15, 0.2) is 6.61 Å². The largest absolute Gasteiger partial charge is 0.484 e. The molecular weight excluding hydrogens is 335 g/mol. The van der Waals surface area contributed by atoms with Crippen molar-refractivity contribution in [2.24, 2.45) is 0 Å². The smallest absolute Gasteiger partial charge is 0.262 e. The van der Waals surface area contributed by atoms with Crippen molar-refractivity contribution in [3.63, 3.8) is 0 Å². The number of nitrogens with zero attached hydrogens (tertiary/aromatic N) is 1. The molecule has 1 aromatic heterocycles. The number of aromatic nitrogens is 1. The van der Waals surface area contributed by atoms with Gasteiger partial charge in [-0.3, -0.25) is 9.78 Å². The standard InChI is InChI=1S/C17H12Cl2N2O2/c18-13-7-6-12(9-14(13)19)23-10-16(22)21-15-5-1-3-11-4-2-8-20-17(11)15/h1-9H,10H2,(H,21,22). The summed E-state index contributed by atoms with van der Waals surface area (Å²) >= 11 is 11.7. The van der Waals surface area contributed by atoms with E-state index in [4.69, 9.17) is 27.9 Å². The van der Waals surface area contributed by atoms with E-state index in [9.17, 15) is 4.79 Å². The molecule has 0 saturated heterocycles. The molecule has 0 saturated carbocycles. The van der Waals surface area contributed by atoms with Crippen molar-refractivity contribution >= 4 is 45.7 Å². The fourth-order valence-corrected chi connectivity index (χ4v) is 2.39. The summed E-state index contributed by atoms with van der Waals surface area (Å²) in [6.45, 7) is -0.138. The first-order chi connectivity index (χ1) is 11.1. The fourth-order valence-electron chi connectivity index (χ4n) is 2.11. The molecule has 3 rings (SSSR count). The number of halogens is 2. The second-order valence-electron chi connectivity index (χ2n) is 4.79. The van der Waals surface area contributed by atoms with Gasteiger partial charge in [-0.15, -0.1) is 0 Å². The number of benzene rings is 2. The maximum atomic E-state index is 12.1. The molecule has 0 aliphatic rings. The van der Waals surface area contributed by atoms with Gasteiger partial charge >= 0.3 is 0 Å². The van der Waals surface area contributed by atoms with E-state index >= 15 is 0 Å². The molecule has 0 aliphatic carbocycles. The summed E-state index contributed by atoms with van der Waals surface area (Å²) in [5.74, 6) is 0.194. The topological polar surface area (TPSA) is 51.2 Å². The van der Waals surface area contributed by atoms with Gasteiger partial charge in [0.05, 0.1) is 21.2 Å². The highest BCUT2D eigenvalue weighted by Gasteiger charge is 2.08. The molecule has 0 spiro atoms. The zero-order valence-electron chi connectivity index (χ0n) is 11.9. The Labute approximate surface area is 143 Å². The van der Waals surface area contributed by atoms with E-state index in [-0.39, 0.29) is 12.5 Å². The highest BCUT2D eigenvalue weighted by atomic mass is 35.5. The monoisotopic (exact) mass is 346 g/mol. The molecule has 1 heterocycles. The number of amides is 1. The predicted molar refractivity (Wildman–Crippen MR) is 92.3 cm³/mol. The number of rotatable bonds is 4. The minimum Gasteiger partial charge on any atom is -0.484 e. The van der Waals surface area contributed by atoms with Gasteiger partial charge in [0, 0.05) is 17.6 Å². The minimum absolute atomic E-state index is 0.138. The Morgan fingerprint density at radius 1 is 1.09 bits per heavy atom. The molecule has 0 atom stereocenters. The second kappa shape index (κ2) is 6.86. The Hall–Kier alpha value is -2.30. The number of hydrogen-bond acceptors (Lipinski definition) is 3. The van der Waals surface area contributed by atoms with Gasteiger partial charge in [-0.05, 0) is 24.3 Å². The van der Waals surface area contributed by atoms with Crippen molar-refractivity contribution in [2.75, 3.05) is 11.9 Å². The first-order valence-corrected chi connectivity index (χ1v) is 7.60. The van der Waals surface area contributed by atoms with Crippen molar-refractivity contribution < 1.29 is 9.53 Å². The van der Waals surface area contributed by atoms with Crippen LogP contribution >= 0.6 is 23.2 Å².